The number of H-pyrrole nitrogens is 1. The Bertz CT molecular complexity index is 510. The van der Waals surface area contributed by atoms with Crippen LogP contribution in [0, 0.1) is 6.92 Å². The van der Waals surface area contributed by atoms with E-state index in [0.29, 0.717) is 11.6 Å². The lowest BCUT2D eigenvalue weighted by molar-refractivity contribution is 0.299. The molecule has 2 heterocycles. The minimum Gasteiger partial charge on any atom is -0.396 e. The normalized spacial score (nSPS) is 11.2. The molecule has 0 aliphatic heterocycles. The Hall–Kier alpha value is -0.710. The summed E-state index contributed by atoms with van der Waals surface area (Å²) in [6.45, 7) is 2.00. The molecule has 0 radical (unpaired) electrons. The smallest absolute Gasteiger partial charge is 0.131 e. The molecule has 80 valence electrons. The third-order valence-electron chi connectivity index (χ3n) is 2.37. The fraction of sp³-hybridized carbons (Fsp3) is 0.300. The molecular weight excluding hydrogens is 232 g/mol. The van der Waals surface area contributed by atoms with Gasteiger partial charge in [-0.3, -0.25) is 0 Å². The number of aromatic amines is 1. The van der Waals surface area contributed by atoms with E-state index in [9.17, 15) is 0 Å². The highest BCUT2D eigenvalue weighted by Crippen LogP contribution is 2.28. The van der Waals surface area contributed by atoms with E-state index in [0.717, 1.165) is 27.2 Å². The number of fused-ring (bicyclic) bond motifs is 1. The van der Waals surface area contributed by atoms with Gasteiger partial charge in [-0.1, -0.05) is 11.6 Å². The first-order chi connectivity index (χ1) is 7.13. The van der Waals surface area contributed by atoms with Crippen LogP contribution in [0.3, 0.4) is 0 Å². The second kappa shape index (κ2) is 4.04. The van der Waals surface area contributed by atoms with Crippen molar-refractivity contribution in [1.82, 2.24) is 9.97 Å². The van der Waals surface area contributed by atoms with E-state index in [1.54, 1.807) is 6.07 Å². The molecule has 0 aromatic carbocycles. The number of aryl methyl sites for hydroxylation is 1. The number of thiol groups is 1. The summed E-state index contributed by atoms with van der Waals surface area (Å²) in [6, 6.07) is 1.77. The van der Waals surface area contributed by atoms with Crippen molar-refractivity contribution in [2.45, 2.75) is 18.4 Å². The Morgan fingerprint density at radius 3 is 3.00 bits per heavy atom. The molecule has 3 nitrogen and oxygen atoms in total. The molecule has 2 N–H and O–H groups in total. The van der Waals surface area contributed by atoms with E-state index >= 15 is 0 Å². The van der Waals surface area contributed by atoms with Crippen molar-refractivity contribution in [3.05, 3.63) is 22.5 Å². The predicted octanol–water partition coefficient (Wildman–Crippen LogP) is 2.35. The first-order valence-electron chi connectivity index (χ1n) is 4.61. The zero-order chi connectivity index (χ0) is 11.0. The van der Waals surface area contributed by atoms with Crippen LogP contribution in [0.4, 0.5) is 0 Å². The van der Waals surface area contributed by atoms with Crippen LogP contribution in [0.5, 0.6) is 0 Å². The Labute approximate surface area is 97.9 Å². The average Bonchev–Trinajstić information content (AvgIpc) is 2.43. The van der Waals surface area contributed by atoms with Crippen LogP contribution in [-0.4, -0.2) is 21.7 Å². The van der Waals surface area contributed by atoms with Gasteiger partial charge in [-0.2, -0.15) is 0 Å². The zero-order valence-corrected chi connectivity index (χ0v) is 9.86. The van der Waals surface area contributed by atoms with Crippen LogP contribution >= 0.6 is 24.2 Å². The number of rotatable bonds is 2. The van der Waals surface area contributed by atoms with Gasteiger partial charge in [-0.05, 0) is 25.0 Å². The van der Waals surface area contributed by atoms with Crippen LogP contribution in [0.25, 0.3) is 10.9 Å². The summed E-state index contributed by atoms with van der Waals surface area (Å²) in [5.74, 6) is 0. The molecule has 0 saturated carbocycles. The highest BCUT2D eigenvalue weighted by Gasteiger charge is 2.12. The SMILES string of the molecule is Cc1nc(Cl)cc2[nH]c(S)c(CCO)c12. The predicted molar refractivity (Wildman–Crippen MR) is 63.9 cm³/mol. The highest BCUT2D eigenvalue weighted by molar-refractivity contribution is 7.80. The summed E-state index contributed by atoms with van der Waals surface area (Å²) in [6.07, 6.45) is 0.572. The zero-order valence-electron chi connectivity index (χ0n) is 8.21. The molecule has 0 bridgehead atoms. The third kappa shape index (κ3) is 1.85. The van der Waals surface area contributed by atoms with Crippen molar-refractivity contribution >= 4 is 35.1 Å². The summed E-state index contributed by atoms with van der Waals surface area (Å²) in [4.78, 5) is 7.31. The van der Waals surface area contributed by atoms with E-state index in [4.69, 9.17) is 16.7 Å². The lowest BCUT2D eigenvalue weighted by atomic mass is 10.1. The van der Waals surface area contributed by atoms with E-state index in [2.05, 4.69) is 22.6 Å². The molecule has 2 rings (SSSR count). The van der Waals surface area contributed by atoms with Gasteiger partial charge in [-0.15, -0.1) is 12.6 Å². The molecule has 0 unspecified atom stereocenters. The maximum atomic E-state index is 8.97. The number of aliphatic hydroxyl groups excluding tert-OH is 1. The number of aliphatic hydroxyl groups is 1. The Kier molecular flexibility index (Phi) is 2.91. The number of nitrogens with one attached hydrogen (secondary N) is 1. The first kappa shape index (κ1) is 10.8. The molecule has 15 heavy (non-hydrogen) atoms. The molecular formula is C10H11ClN2OS. The number of hydrogen-bond donors (Lipinski definition) is 3. The van der Waals surface area contributed by atoms with Gasteiger partial charge < -0.3 is 10.1 Å². The van der Waals surface area contributed by atoms with Crippen molar-refractivity contribution in [1.29, 1.82) is 0 Å². The number of nitrogens with zero attached hydrogens (tertiary/aromatic N) is 1. The van der Waals surface area contributed by atoms with E-state index in [-0.39, 0.29) is 6.61 Å². The number of halogens is 1. The van der Waals surface area contributed by atoms with E-state index in [1.807, 2.05) is 6.92 Å². The van der Waals surface area contributed by atoms with Gasteiger partial charge in [0, 0.05) is 17.7 Å². The lowest BCUT2D eigenvalue weighted by Gasteiger charge is -2.00. The number of aromatic nitrogens is 2. The molecule has 0 amide bonds. The number of hydrogen-bond acceptors (Lipinski definition) is 3. The lowest BCUT2D eigenvalue weighted by Crippen LogP contribution is -1.92. The average molecular weight is 243 g/mol. The van der Waals surface area contributed by atoms with Gasteiger partial charge in [0.2, 0.25) is 0 Å². The van der Waals surface area contributed by atoms with Crippen LogP contribution in [0.15, 0.2) is 11.1 Å². The van der Waals surface area contributed by atoms with Gasteiger partial charge in [0.15, 0.2) is 0 Å². The van der Waals surface area contributed by atoms with Crippen molar-refractivity contribution < 1.29 is 5.11 Å². The minimum atomic E-state index is 0.0998. The van der Waals surface area contributed by atoms with Crippen molar-refractivity contribution in [3.8, 4) is 0 Å². The molecule has 0 atom stereocenters. The van der Waals surface area contributed by atoms with Gasteiger partial charge in [0.05, 0.1) is 10.5 Å². The Morgan fingerprint density at radius 2 is 2.33 bits per heavy atom. The van der Waals surface area contributed by atoms with Crippen molar-refractivity contribution in [3.63, 3.8) is 0 Å². The second-order valence-corrected chi connectivity index (χ2v) is 4.21. The maximum absolute atomic E-state index is 8.97. The maximum Gasteiger partial charge on any atom is 0.131 e. The van der Waals surface area contributed by atoms with Crippen molar-refractivity contribution in [2.24, 2.45) is 0 Å². The Morgan fingerprint density at radius 1 is 1.60 bits per heavy atom. The molecule has 0 saturated heterocycles. The van der Waals surface area contributed by atoms with Crippen LogP contribution < -0.4 is 0 Å². The summed E-state index contributed by atoms with van der Waals surface area (Å²) >= 11 is 10.2. The molecule has 2 aromatic rings. The van der Waals surface area contributed by atoms with Crippen LogP contribution in [0.2, 0.25) is 5.15 Å². The first-order valence-corrected chi connectivity index (χ1v) is 5.43. The molecule has 0 aliphatic carbocycles. The molecule has 0 aliphatic rings. The summed E-state index contributed by atoms with van der Waals surface area (Å²) in [5, 5.41) is 11.2. The number of pyridine rings is 1. The highest BCUT2D eigenvalue weighted by atomic mass is 35.5. The fourth-order valence-corrected chi connectivity index (χ4v) is 2.37. The minimum absolute atomic E-state index is 0.0998. The molecule has 0 fully saturated rings. The van der Waals surface area contributed by atoms with Gasteiger partial charge in [0.25, 0.3) is 0 Å². The van der Waals surface area contributed by atoms with Crippen LogP contribution in [-0.2, 0) is 6.42 Å². The summed E-state index contributed by atoms with van der Waals surface area (Å²) in [5.41, 5.74) is 2.77. The van der Waals surface area contributed by atoms with Gasteiger partial charge in [0.1, 0.15) is 5.15 Å². The van der Waals surface area contributed by atoms with Crippen molar-refractivity contribution in [2.75, 3.05) is 6.61 Å². The summed E-state index contributed by atoms with van der Waals surface area (Å²) in [7, 11) is 0. The standard InChI is InChI=1S/C10H11ClN2OS/c1-5-9-6(2-3-14)10(15)13-7(9)4-8(11)12-5/h4,13-15H,2-3H2,1H3. The molecule has 5 heteroatoms. The van der Waals surface area contributed by atoms with Gasteiger partial charge >= 0.3 is 0 Å². The Balaban J connectivity index is 2.75. The largest absolute Gasteiger partial charge is 0.396 e. The topological polar surface area (TPSA) is 48.9 Å². The van der Waals surface area contributed by atoms with Crippen LogP contribution in [0.1, 0.15) is 11.3 Å². The molecule has 0 spiro atoms. The second-order valence-electron chi connectivity index (χ2n) is 3.38. The fourth-order valence-electron chi connectivity index (χ4n) is 1.79. The summed E-state index contributed by atoms with van der Waals surface area (Å²) < 4.78 is 0. The monoisotopic (exact) mass is 242 g/mol. The van der Waals surface area contributed by atoms with Gasteiger partial charge in [-0.25, -0.2) is 4.98 Å². The van der Waals surface area contributed by atoms with E-state index in [1.165, 1.54) is 0 Å². The van der Waals surface area contributed by atoms with E-state index < -0.39 is 0 Å². The third-order valence-corrected chi connectivity index (χ3v) is 2.95. The quantitative estimate of drug-likeness (QED) is 0.559. The molecule has 2 aromatic heterocycles.